The van der Waals surface area contributed by atoms with Gasteiger partial charge in [-0.15, -0.1) is 0 Å². The van der Waals surface area contributed by atoms with Crippen LogP contribution in [0.1, 0.15) is 19.0 Å². The largest absolute Gasteiger partial charge is 0.378 e. The van der Waals surface area contributed by atoms with Crippen LogP contribution in [0.4, 0.5) is 11.5 Å². The summed E-state index contributed by atoms with van der Waals surface area (Å²) in [4.78, 5) is 14.5. The maximum atomic E-state index is 12.3. The van der Waals surface area contributed by atoms with E-state index in [1.807, 2.05) is 18.8 Å². The zero-order valence-electron chi connectivity index (χ0n) is 11.6. The predicted octanol–water partition coefficient (Wildman–Crippen LogP) is 0.776. The fourth-order valence-electron chi connectivity index (χ4n) is 3.06. The van der Waals surface area contributed by atoms with Crippen LogP contribution in [0.2, 0.25) is 0 Å². The maximum Gasteiger partial charge on any atom is 0.232 e. The summed E-state index contributed by atoms with van der Waals surface area (Å²) in [6, 6.07) is 0.103. The van der Waals surface area contributed by atoms with Crippen molar-refractivity contribution in [3.8, 4) is 0 Å². The highest BCUT2D eigenvalue weighted by Crippen LogP contribution is 2.36. The molecule has 1 fully saturated rings. The van der Waals surface area contributed by atoms with Crippen molar-refractivity contribution in [2.45, 2.75) is 25.8 Å². The van der Waals surface area contributed by atoms with E-state index < -0.39 is 0 Å². The minimum atomic E-state index is -0.0909. The Bertz CT molecular complexity index is 511. The fourth-order valence-corrected chi connectivity index (χ4v) is 3.06. The number of ether oxygens (including phenoxy) is 1. The van der Waals surface area contributed by atoms with Gasteiger partial charge in [-0.2, -0.15) is 5.10 Å². The van der Waals surface area contributed by atoms with Gasteiger partial charge in [0.05, 0.1) is 30.9 Å². The van der Waals surface area contributed by atoms with Crippen molar-refractivity contribution in [3.63, 3.8) is 0 Å². The zero-order chi connectivity index (χ0) is 13.6. The number of fused-ring (bicyclic) bond motifs is 2. The monoisotopic (exact) mass is 264 g/mol. The van der Waals surface area contributed by atoms with Crippen molar-refractivity contribution < 1.29 is 9.53 Å². The van der Waals surface area contributed by atoms with E-state index in [2.05, 4.69) is 22.2 Å². The molecule has 0 aliphatic carbocycles. The zero-order valence-corrected chi connectivity index (χ0v) is 11.6. The smallest absolute Gasteiger partial charge is 0.232 e. The van der Waals surface area contributed by atoms with Crippen molar-refractivity contribution in [2.75, 3.05) is 30.5 Å². The summed E-state index contributed by atoms with van der Waals surface area (Å²) in [6.07, 6.45) is 1.89. The average Bonchev–Trinajstić information content (AvgIpc) is 2.93. The first-order valence-electron chi connectivity index (χ1n) is 6.80. The Morgan fingerprint density at radius 2 is 2.21 bits per heavy atom. The van der Waals surface area contributed by atoms with Crippen molar-refractivity contribution in [3.05, 3.63) is 5.69 Å². The summed E-state index contributed by atoms with van der Waals surface area (Å²) >= 11 is 0. The van der Waals surface area contributed by atoms with Crippen LogP contribution in [-0.2, 0) is 23.0 Å². The topological polar surface area (TPSA) is 59.4 Å². The van der Waals surface area contributed by atoms with Gasteiger partial charge in [-0.05, 0) is 6.42 Å². The molecule has 2 atom stereocenters. The number of amides is 1. The molecule has 0 aromatic carbocycles. The summed E-state index contributed by atoms with van der Waals surface area (Å²) in [7, 11) is 3.94. The fraction of sp³-hybridized carbons (Fsp3) is 0.692. The normalized spacial score (nSPS) is 25.8. The molecular weight excluding hydrogens is 244 g/mol. The van der Waals surface area contributed by atoms with E-state index in [1.54, 1.807) is 0 Å². The molecule has 1 aromatic heterocycles. The van der Waals surface area contributed by atoms with Gasteiger partial charge in [0, 0.05) is 14.1 Å². The van der Waals surface area contributed by atoms with Gasteiger partial charge in [-0.25, -0.2) is 0 Å². The molecule has 1 aromatic rings. The second-order valence-electron chi connectivity index (χ2n) is 5.33. The number of nitrogens with zero attached hydrogens (tertiary/aromatic N) is 3. The van der Waals surface area contributed by atoms with E-state index in [4.69, 9.17) is 4.74 Å². The van der Waals surface area contributed by atoms with Gasteiger partial charge in [0.15, 0.2) is 5.82 Å². The molecular formula is C13H20N4O2. The van der Waals surface area contributed by atoms with Crippen LogP contribution >= 0.6 is 0 Å². The number of nitrogens with one attached hydrogen (secondary N) is 1. The third-order valence-corrected chi connectivity index (χ3v) is 4.04. The Balaban J connectivity index is 2.07. The van der Waals surface area contributed by atoms with Crippen molar-refractivity contribution >= 4 is 17.4 Å². The van der Waals surface area contributed by atoms with Crippen molar-refractivity contribution in [1.82, 2.24) is 9.78 Å². The maximum absolute atomic E-state index is 12.3. The lowest BCUT2D eigenvalue weighted by atomic mass is 10.0. The van der Waals surface area contributed by atoms with Gasteiger partial charge >= 0.3 is 0 Å². The number of hydrogen-bond acceptors (Lipinski definition) is 4. The molecule has 6 nitrogen and oxygen atoms in total. The molecule has 2 aliphatic rings. The summed E-state index contributed by atoms with van der Waals surface area (Å²) in [6.45, 7) is 3.22. The first-order valence-corrected chi connectivity index (χ1v) is 6.80. The molecule has 2 aliphatic heterocycles. The molecule has 3 heterocycles. The van der Waals surface area contributed by atoms with Gasteiger partial charge in [0.25, 0.3) is 0 Å². The summed E-state index contributed by atoms with van der Waals surface area (Å²) < 4.78 is 7.33. The molecule has 0 radical (unpaired) electrons. The molecule has 1 amide bonds. The molecule has 0 bridgehead atoms. The third kappa shape index (κ3) is 1.82. The summed E-state index contributed by atoms with van der Waals surface area (Å²) in [5, 5.41) is 7.60. The molecule has 104 valence electrons. The minimum absolute atomic E-state index is 0.0541. The number of aromatic nitrogens is 2. The number of likely N-dealkylation sites (N-methyl/N-ethyl adjacent to an activating group) is 1. The summed E-state index contributed by atoms with van der Waals surface area (Å²) in [5.74, 6) is 0.945. The quantitative estimate of drug-likeness (QED) is 0.857. The standard InChI is InChI=1S/C13H20N4O2/c1-4-5-9-11-13(17(3)15-9)16(2)10-7-19-6-8(10)12(18)14-11/h8,10H,4-7H2,1-3H3,(H,14,18). The number of carbonyl (C=O) groups is 1. The average molecular weight is 264 g/mol. The Hall–Kier alpha value is -1.56. The van der Waals surface area contributed by atoms with Crippen LogP contribution in [0.15, 0.2) is 0 Å². The van der Waals surface area contributed by atoms with Crippen LogP contribution in [0.25, 0.3) is 0 Å². The van der Waals surface area contributed by atoms with Gasteiger partial charge in [0.2, 0.25) is 5.91 Å². The van der Waals surface area contributed by atoms with Crippen molar-refractivity contribution in [2.24, 2.45) is 13.0 Å². The van der Waals surface area contributed by atoms with Gasteiger partial charge < -0.3 is 15.0 Å². The molecule has 3 rings (SSSR count). The first kappa shape index (κ1) is 12.5. The number of anilines is 2. The van der Waals surface area contributed by atoms with Crippen molar-refractivity contribution in [1.29, 1.82) is 0 Å². The molecule has 2 unspecified atom stereocenters. The Morgan fingerprint density at radius 1 is 1.42 bits per heavy atom. The van der Waals surface area contributed by atoms with E-state index >= 15 is 0 Å². The van der Waals surface area contributed by atoms with Crippen LogP contribution < -0.4 is 10.2 Å². The number of carbonyl (C=O) groups excluding carboxylic acids is 1. The first-order chi connectivity index (χ1) is 9.13. The van der Waals surface area contributed by atoms with Crippen LogP contribution in [0.3, 0.4) is 0 Å². The minimum Gasteiger partial charge on any atom is -0.378 e. The lowest BCUT2D eigenvalue weighted by Gasteiger charge is -2.26. The highest BCUT2D eigenvalue weighted by Gasteiger charge is 2.42. The second-order valence-corrected chi connectivity index (χ2v) is 5.33. The summed E-state index contributed by atoms with van der Waals surface area (Å²) in [5.41, 5.74) is 1.85. The van der Waals surface area contributed by atoms with E-state index in [0.717, 1.165) is 30.0 Å². The van der Waals surface area contributed by atoms with E-state index in [-0.39, 0.29) is 17.9 Å². The molecule has 1 N–H and O–H groups in total. The number of rotatable bonds is 2. The molecule has 6 heteroatoms. The van der Waals surface area contributed by atoms with E-state index in [0.29, 0.717) is 13.2 Å². The Labute approximate surface area is 112 Å². The van der Waals surface area contributed by atoms with Gasteiger partial charge in [-0.3, -0.25) is 9.48 Å². The molecule has 0 saturated carbocycles. The Kier molecular flexibility index (Phi) is 2.97. The highest BCUT2D eigenvalue weighted by atomic mass is 16.5. The van der Waals surface area contributed by atoms with Gasteiger partial charge in [0.1, 0.15) is 5.69 Å². The van der Waals surface area contributed by atoms with E-state index in [9.17, 15) is 4.79 Å². The van der Waals surface area contributed by atoms with Crippen LogP contribution in [0.5, 0.6) is 0 Å². The van der Waals surface area contributed by atoms with Crippen LogP contribution in [-0.4, -0.2) is 42.0 Å². The highest BCUT2D eigenvalue weighted by molar-refractivity contribution is 5.98. The van der Waals surface area contributed by atoms with E-state index in [1.165, 1.54) is 0 Å². The predicted molar refractivity (Wildman–Crippen MR) is 72.3 cm³/mol. The number of hydrogen-bond donors (Lipinski definition) is 1. The number of aryl methyl sites for hydroxylation is 2. The van der Waals surface area contributed by atoms with Gasteiger partial charge in [-0.1, -0.05) is 13.3 Å². The third-order valence-electron chi connectivity index (χ3n) is 4.04. The van der Waals surface area contributed by atoms with Crippen LogP contribution in [0, 0.1) is 5.92 Å². The second kappa shape index (κ2) is 4.52. The molecule has 19 heavy (non-hydrogen) atoms. The lowest BCUT2D eigenvalue weighted by Crippen LogP contribution is -2.41. The Morgan fingerprint density at radius 3 is 2.95 bits per heavy atom. The SMILES string of the molecule is CCCc1nn(C)c2c1NC(=O)C1COCC1N2C. The lowest BCUT2D eigenvalue weighted by molar-refractivity contribution is -0.120. The molecule has 1 saturated heterocycles. The molecule has 0 spiro atoms.